The van der Waals surface area contributed by atoms with Gasteiger partial charge >= 0.3 is 0 Å². The van der Waals surface area contributed by atoms with Crippen molar-refractivity contribution < 1.29 is 18.9 Å². The molecule has 0 spiro atoms. The second-order valence-corrected chi connectivity index (χ2v) is 6.93. The Bertz CT molecular complexity index is 770. The number of ether oxygens (including phenoxy) is 4. The first-order chi connectivity index (χ1) is 13.2. The first-order valence-electron chi connectivity index (χ1n) is 9.29. The number of fused-ring (bicyclic) bond motifs is 1. The van der Waals surface area contributed by atoms with Crippen LogP contribution in [0.25, 0.3) is 0 Å². The van der Waals surface area contributed by atoms with Crippen molar-refractivity contribution in [3.63, 3.8) is 0 Å². The zero-order valence-corrected chi connectivity index (χ0v) is 15.9. The number of piperazine rings is 1. The summed E-state index contributed by atoms with van der Waals surface area (Å²) in [6, 6.07) is 12.5. The summed E-state index contributed by atoms with van der Waals surface area (Å²) in [7, 11) is 3.36. The first kappa shape index (κ1) is 17.9. The second-order valence-electron chi connectivity index (χ2n) is 6.93. The van der Waals surface area contributed by atoms with Crippen LogP contribution in [0.2, 0.25) is 0 Å². The van der Waals surface area contributed by atoms with Crippen LogP contribution in [0.1, 0.15) is 11.1 Å². The SMILES string of the molecule is COc1ccc(CN2CCN(Cc3cc(OC)c4c(c3)OCO4)CC2)cc1. The molecule has 2 heterocycles. The Balaban J connectivity index is 1.32. The number of hydrogen-bond acceptors (Lipinski definition) is 6. The van der Waals surface area contributed by atoms with Gasteiger partial charge in [-0.2, -0.15) is 0 Å². The molecule has 4 rings (SSSR count). The highest BCUT2D eigenvalue weighted by atomic mass is 16.7. The molecular weight excluding hydrogens is 344 g/mol. The van der Waals surface area contributed by atoms with Gasteiger partial charge in [0.25, 0.3) is 0 Å². The Labute approximate surface area is 160 Å². The van der Waals surface area contributed by atoms with Crippen LogP contribution in [-0.4, -0.2) is 57.0 Å². The molecule has 27 heavy (non-hydrogen) atoms. The van der Waals surface area contributed by atoms with Gasteiger partial charge in [-0.15, -0.1) is 0 Å². The van der Waals surface area contributed by atoms with Crippen LogP contribution in [-0.2, 0) is 13.1 Å². The topological polar surface area (TPSA) is 43.4 Å². The van der Waals surface area contributed by atoms with E-state index in [1.807, 2.05) is 12.1 Å². The maximum absolute atomic E-state index is 5.53. The lowest BCUT2D eigenvalue weighted by Crippen LogP contribution is -2.45. The summed E-state index contributed by atoms with van der Waals surface area (Å²) in [5.41, 5.74) is 2.52. The van der Waals surface area contributed by atoms with Crippen LogP contribution >= 0.6 is 0 Å². The van der Waals surface area contributed by atoms with Gasteiger partial charge in [0, 0.05) is 39.3 Å². The van der Waals surface area contributed by atoms with Crippen LogP contribution < -0.4 is 18.9 Å². The number of methoxy groups -OCH3 is 2. The van der Waals surface area contributed by atoms with E-state index in [-0.39, 0.29) is 6.79 Å². The largest absolute Gasteiger partial charge is 0.497 e. The molecule has 144 valence electrons. The number of hydrogen-bond donors (Lipinski definition) is 0. The van der Waals surface area contributed by atoms with Crippen molar-refractivity contribution in [1.82, 2.24) is 9.80 Å². The van der Waals surface area contributed by atoms with E-state index in [0.717, 1.165) is 56.5 Å². The number of benzene rings is 2. The van der Waals surface area contributed by atoms with Crippen molar-refractivity contribution in [2.45, 2.75) is 13.1 Å². The summed E-state index contributed by atoms with van der Waals surface area (Å²) in [6.45, 7) is 6.36. The molecule has 0 aromatic heterocycles. The molecule has 2 aromatic rings. The van der Waals surface area contributed by atoms with Crippen LogP contribution in [0, 0.1) is 0 Å². The van der Waals surface area contributed by atoms with E-state index in [1.54, 1.807) is 14.2 Å². The maximum Gasteiger partial charge on any atom is 0.231 e. The lowest BCUT2D eigenvalue weighted by Gasteiger charge is -2.34. The highest BCUT2D eigenvalue weighted by molar-refractivity contribution is 5.55. The summed E-state index contributed by atoms with van der Waals surface area (Å²) >= 11 is 0. The average molecular weight is 370 g/mol. The minimum Gasteiger partial charge on any atom is -0.497 e. The molecule has 2 aromatic carbocycles. The van der Waals surface area contributed by atoms with Gasteiger partial charge in [0.05, 0.1) is 14.2 Å². The third-order valence-electron chi connectivity index (χ3n) is 5.15. The van der Waals surface area contributed by atoms with Gasteiger partial charge in [0.2, 0.25) is 12.5 Å². The summed E-state index contributed by atoms with van der Waals surface area (Å²) in [4.78, 5) is 4.97. The maximum atomic E-state index is 5.53. The van der Waals surface area contributed by atoms with Crippen molar-refractivity contribution in [2.24, 2.45) is 0 Å². The van der Waals surface area contributed by atoms with Crippen molar-refractivity contribution in [3.05, 3.63) is 47.5 Å². The van der Waals surface area contributed by atoms with Gasteiger partial charge in [-0.25, -0.2) is 0 Å². The van der Waals surface area contributed by atoms with Crippen LogP contribution in [0.4, 0.5) is 0 Å². The van der Waals surface area contributed by atoms with Gasteiger partial charge in [0.15, 0.2) is 11.5 Å². The number of rotatable bonds is 6. The van der Waals surface area contributed by atoms with Gasteiger partial charge in [0.1, 0.15) is 5.75 Å². The zero-order chi connectivity index (χ0) is 18.6. The van der Waals surface area contributed by atoms with Crippen LogP contribution in [0.3, 0.4) is 0 Å². The Morgan fingerprint density at radius 2 is 1.48 bits per heavy atom. The lowest BCUT2D eigenvalue weighted by atomic mass is 10.1. The predicted octanol–water partition coefficient (Wildman–Crippen LogP) is 2.75. The van der Waals surface area contributed by atoms with Crippen molar-refractivity contribution in [2.75, 3.05) is 47.2 Å². The fraction of sp³-hybridized carbons (Fsp3) is 0.429. The summed E-state index contributed by atoms with van der Waals surface area (Å²) in [5.74, 6) is 3.15. The quantitative estimate of drug-likeness (QED) is 0.779. The van der Waals surface area contributed by atoms with E-state index >= 15 is 0 Å². The van der Waals surface area contributed by atoms with E-state index in [2.05, 4.69) is 34.1 Å². The molecule has 0 unspecified atom stereocenters. The summed E-state index contributed by atoms with van der Waals surface area (Å²) < 4.78 is 21.7. The molecule has 0 amide bonds. The molecule has 2 aliphatic heterocycles. The molecule has 2 aliphatic rings. The molecule has 0 atom stereocenters. The molecule has 0 N–H and O–H groups in total. The molecule has 1 fully saturated rings. The van der Waals surface area contributed by atoms with Gasteiger partial charge in [-0.05, 0) is 35.4 Å². The standard InChI is InChI=1S/C21H26N2O4/c1-24-18-5-3-16(4-6-18)13-22-7-9-23(10-8-22)14-17-11-19(25-2)21-20(12-17)26-15-27-21/h3-6,11-12H,7-10,13-15H2,1-2H3. The molecule has 0 bridgehead atoms. The Kier molecular flexibility index (Phi) is 5.36. The molecule has 0 radical (unpaired) electrons. The minimum absolute atomic E-state index is 0.263. The Morgan fingerprint density at radius 3 is 2.11 bits per heavy atom. The van der Waals surface area contributed by atoms with Crippen LogP contribution in [0.5, 0.6) is 23.0 Å². The van der Waals surface area contributed by atoms with Gasteiger partial charge in [-0.1, -0.05) is 12.1 Å². The monoisotopic (exact) mass is 370 g/mol. The van der Waals surface area contributed by atoms with Crippen molar-refractivity contribution in [3.8, 4) is 23.0 Å². The molecule has 6 heteroatoms. The highest BCUT2D eigenvalue weighted by Gasteiger charge is 2.22. The third-order valence-corrected chi connectivity index (χ3v) is 5.15. The minimum atomic E-state index is 0.263. The second kappa shape index (κ2) is 8.06. The lowest BCUT2D eigenvalue weighted by molar-refractivity contribution is 0.122. The zero-order valence-electron chi connectivity index (χ0n) is 15.9. The van der Waals surface area contributed by atoms with Crippen molar-refractivity contribution in [1.29, 1.82) is 0 Å². The molecule has 0 aliphatic carbocycles. The average Bonchev–Trinajstić information content (AvgIpc) is 3.18. The number of nitrogens with zero attached hydrogens (tertiary/aromatic N) is 2. The predicted molar refractivity (Wildman–Crippen MR) is 103 cm³/mol. The molecule has 1 saturated heterocycles. The van der Waals surface area contributed by atoms with E-state index in [0.29, 0.717) is 5.75 Å². The van der Waals surface area contributed by atoms with Gasteiger partial charge in [-0.3, -0.25) is 9.80 Å². The fourth-order valence-corrected chi connectivity index (χ4v) is 3.63. The Morgan fingerprint density at radius 1 is 0.815 bits per heavy atom. The van der Waals surface area contributed by atoms with Crippen molar-refractivity contribution >= 4 is 0 Å². The van der Waals surface area contributed by atoms with Gasteiger partial charge < -0.3 is 18.9 Å². The molecular formula is C21H26N2O4. The molecule has 6 nitrogen and oxygen atoms in total. The first-order valence-corrected chi connectivity index (χ1v) is 9.29. The fourth-order valence-electron chi connectivity index (χ4n) is 3.63. The van der Waals surface area contributed by atoms with E-state index in [9.17, 15) is 0 Å². The summed E-state index contributed by atoms with van der Waals surface area (Å²) in [6.07, 6.45) is 0. The smallest absolute Gasteiger partial charge is 0.231 e. The molecule has 0 saturated carbocycles. The Hall–Kier alpha value is -2.44. The van der Waals surface area contributed by atoms with Crippen LogP contribution in [0.15, 0.2) is 36.4 Å². The van der Waals surface area contributed by atoms with E-state index < -0.39 is 0 Å². The summed E-state index contributed by atoms with van der Waals surface area (Å²) in [5, 5.41) is 0. The van der Waals surface area contributed by atoms with E-state index in [4.69, 9.17) is 18.9 Å². The normalized spacial score (nSPS) is 17.1. The highest BCUT2D eigenvalue weighted by Crippen LogP contribution is 2.42. The third kappa shape index (κ3) is 4.12. The van der Waals surface area contributed by atoms with E-state index in [1.165, 1.54) is 11.1 Å².